The lowest BCUT2D eigenvalue weighted by molar-refractivity contribution is -0.137. The molecule has 622 valence electrons. The molecule has 4 aliphatic carbocycles. The number of aromatic nitrogens is 12. The van der Waals surface area contributed by atoms with E-state index < -0.39 is 52.7 Å². The molecule has 4 aromatic carbocycles. The highest BCUT2D eigenvalue weighted by Gasteiger charge is 2.42. The summed E-state index contributed by atoms with van der Waals surface area (Å²) in [4.78, 5) is 28.3. The molecule has 1 amide bonds. The van der Waals surface area contributed by atoms with Gasteiger partial charge in [0.2, 0.25) is 5.91 Å². The number of hydrogen-bond acceptors (Lipinski definition) is 24. The number of anilines is 4. The van der Waals surface area contributed by atoms with Crippen LogP contribution in [0, 0.1) is 27.7 Å². The molecule has 12 aromatic rings. The first-order valence-electron chi connectivity index (χ1n) is 38.7. The summed E-state index contributed by atoms with van der Waals surface area (Å²) in [5.74, 6) is -0.0937. The van der Waals surface area contributed by atoms with Crippen molar-refractivity contribution in [3.05, 3.63) is 140 Å². The number of rotatable bonds is 21. The second-order valence-electron chi connectivity index (χ2n) is 30.4. The van der Waals surface area contributed by atoms with E-state index in [1.165, 1.54) is 31.3 Å². The molecule has 118 heavy (non-hydrogen) atoms. The van der Waals surface area contributed by atoms with Crippen molar-refractivity contribution in [2.45, 2.75) is 179 Å². The normalized spacial score (nSPS) is 16.8. The Bertz CT molecular complexity index is 5700. The van der Waals surface area contributed by atoms with E-state index in [4.69, 9.17) is 31.9 Å². The first kappa shape index (κ1) is 81.9. The number of benzene rings is 4. The van der Waals surface area contributed by atoms with Gasteiger partial charge in [-0.15, -0.1) is 20.4 Å². The fraction of sp³-hybridized carbons (Fsp3) is 0.444. The standard InChI is InChI=1S/C21H21F3N4O3.C21H21F3N4O2.C20H21F3N4O.C19H18F3N5O2/c1-11-7-16(18-27-28-19(31-18)25-10-20(2)29-5-6-30-20)26-17-14(11)8-13(12-3-4-12)9-15(17)21(22,23)24;1-11-7-17(19-27-28-20(30-19)25-10-14-3-2-6-29-14)26-18-15(11)8-13(12-4-5-12)9-16(18)21(22,23)24;1-3-4-7-24-19-27-26-18(28-19)16-8-11(2)14-9-13(12-5-6-12)10-15(17(14)25-16)20(21,22)23;1-9-5-14(17-26-27-18(29-17)24-8-15(28)23-2)25-16-12(9)6-11(10-3-4-10)7-13(16)19(20,21)22/h7-9,12H,3-6,10H2,1-2H3,(H,25,28);7-9,12,14H,2-6,10H2,1H3,(H,25,28);8-10,12H,3-7H2,1-2H3,(H,24,27);5-7,10H,3-4,8H2,1-2H3,(H,23,28)(H,24,27). The molecule has 6 fully saturated rings. The van der Waals surface area contributed by atoms with Gasteiger partial charge in [-0.3, -0.25) is 4.79 Å². The third-order valence-electron chi connectivity index (χ3n) is 21.0. The summed E-state index contributed by atoms with van der Waals surface area (Å²) in [7, 11) is 1.48. The van der Waals surface area contributed by atoms with Crippen LogP contribution in [0.15, 0.2) is 90.5 Å². The van der Waals surface area contributed by atoms with E-state index in [-0.39, 0.29) is 141 Å². The number of likely N-dealkylation sites (N-methyl/N-ethyl adjacent to an activating group) is 1. The molecule has 0 radical (unpaired) electrons. The molecule has 1 unspecified atom stereocenters. The highest BCUT2D eigenvalue weighted by molar-refractivity contribution is 5.92. The van der Waals surface area contributed by atoms with Crippen LogP contribution >= 0.6 is 0 Å². The number of aryl methyl sites for hydroxylation is 4. The number of fused-ring (bicyclic) bond motifs is 4. The van der Waals surface area contributed by atoms with E-state index in [0.29, 0.717) is 81.2 Å². The van der Waals surface area contributed by atoms with Crippen molar-refractivity contribution in [2.75, 3.05) is 74.3 Å². The summed E-state index contributed by atoms with van der Waals surface area (Å²) < 4.78 is 204. The van der Waals surface area contributed by atoms with Gasteiger partial charge in [0.1, 0.15) is 22.8 Å². The molecule has 2 aliphatic heterocycles. The van der Waals surface area contributed by atoms with Gasteiger partial charge in [-0.1, -0.05) is 33.7 Å². The molecule has 5 N–H and O–H groups in total. The summed E-state index contributed by atoms with van der Waals surface area (Å²) in [6.07, 6.45) is -6.62. The smallest absolute Gasteiger partial charge is 0.402 e. The second-order valence-corrected chi connectivity index (χ2v) is 30.4. The van der Waals surface area contributed by atoms with Crippen LogP contribution in [0.5, 0.6) is 0 Å². The predicted molar refractivity (Wildman–Crippen MR) is 409 cm³/mol. The van der Waals surface area contributed by atoms with Crippen molar-refractivity contribution < 1.29 is 89.4 Å². The quantitative estimate of drug-likeness (QED) is 0.0330. The minimum atomic E-state index is -4.53. The van der Waals surface area contributed by atoms with Crippen molar-refractivity contribution in [3.63, 3.8) is 0 Å². The SMILES string of the molecule is CCCCNc1nnc(-c2cc(C)c3cc(C4CC4)cc(C(F)(F)F)c3n2)o1.CNC(=O)CNc1nnc(-c2cc(C)c3cc(C4CC4)cc(C(F)(F)F)c3n2)o1.Cc1cc(-c2nnc(NCC3(C)OCCO3)o2)nc2c(C(F)(F)F)cc(C3CC3)cc12.Cc1cc(-c2nnc(NCC3CCCO3)o2)nc2c(C(F)(F)F)cc(C3CC3)cc12. The minimum absolute atomic E-state index is 0.0247. The molecule has 0 spiro atoms. The van der Waals surface area contributed by atoms with Crippen molar-refractivity contribution in [3.8, 4) is 46.3 Å². The number of amides is 1. The number of pyridine rings is 4. The van der Waals surface area contributed by atoms with Gasteiger partial charge in [0.15, 0.2) is 5.79 Å². The Hall–Kier alpha value is -11.2. The molecule has 2 saturated heterocycles. The third kappa shape index (κ3) is 19.0. The topological polar surface area (TPSA) is 312 Å². The van der Waals surface area contributed by atoms with Crippen LogP contribution in [0.25, 0.3) is 90.0 Å². The van der Waals surface area contributed by atoms with E-state index >= 15 is 0 Å². The zero-order chi connectivity index (χ0) is 83.3. The van der Waals surface area contributed by atoms with E-state index in [2.05, 4.69) is 94.2 Å². The largest absolute Gasteiger partial charge is 0.418 e. The highest BCUT2D eigenvalue weighted by atomic mass is 19.4. The summed E-state index contributed by atoms with van der Waals surface area (Å²) >= 11 is 0. The lowest BCUT2D eigenvalue weighted by Crippen LogP contribution is -2.34. The Morgan fingerprint density at radius 3 is 1.04 bits per heavy atom. The first-order valence-corrected chi connectivity index (χ1v) is 38.7. The van der Waals surface area contributed by atoms with Crippen LogP contribution in [0.4, 0.5) is 76.7 Å². The number of ether oxygens (including phenoxy) is 3. The number of nitrogens with zero attached hydrogens (tertiary/aromatic N) is 12. The maximum absolute atomic E-state index is 13.8. The van der Waals surface area contributed by atoms with Gasteiger partial charge >= 0.3 is 48.8 Å². The number of carbonyl (C=O) groups excluding carboxylic acids is 1. The lowest BCUT2D eigenvalue weighted by Gasteiger charge is -2.21. The summed E-state index contributed by atoms with van der Waals surface area (Å²) in [6, 6.07) is 19.4. The number of unbranched alkanes of at least 4 members (excludes halogenated alkanes) is 1. The first-order chi connectivity index (χ1) is 56.2. The summed E-state index contributed by atoms with van der Waals surface area (Å²) in [5.41, 5.74) is 3.01. The monoisotopic (exact) mass is 1650 g/mol. The molecule has 25 nitrogen and oxygen atoms in total. The molecule has 8 aromatic heterocycles. The van der Waals surface area contributed by atoms with Crippen LogP contribution in [0.2, 0.25) is 0 Å². The van der Waals surface area contributed by atoms with Crippen LogP contribution in [-0.4, -0.2) is 132 Å². The Kier molecular flexibility index (Phi) is 22.9. The molecular formula is C81H81F12N17O8. The molecule has 37 heteroatoms. The Labute approximate surface area is 665 Å². The highest BCUT2D eigenvalue weighted by Crippen LogP contribution is 2.50. The van der Waals surface area contributed by atoms with Crippen molar-refractivity contribution in [1.29, 1.82) is 0 Å². The zero-order valence-corrected chi connectivity index (χ0v) is 64.9. The molecule has 1 atom stereocenters. The van der Waals surface area contributed by atoms with Gasteiger partial charge < -0.3 is 58.5 Å². The minimum Gasteiger partial charge on any atom is -0.402 e. The van der Waals surface area contributed by atoms with Gasteiger partial charge in [-0.2, -0.15) is 52.7 Å². The van der Waals surface area contributed by atoms with Crippen molar-refractivity contribution in [2.24, 2.45) is 0 Å². The number of hydrogen-bond donors (Lipinski definition) is 5. The number of nitrogens with one attached hydrogen (secondary N) is 5. The Morgan fingerprint density at radius 2 is 0.746 bits per heavy atom. The third-order valence-corrected chi connectivity index (χ3v) is 21.0. The van der Waals surface area contributed by atoms with Gasteiger partial charge in [-0.25, -0.2) is 19.9 Å². The van der Waals surface area contributed by atoms with E-state index in [1.807, 2.05) is 18.2 Å². The van der Waals surface area contributed by atoms with Gasteiger partial charge in [0, 0.05) is 48.3 Å². The Morgan fingerprint density at radius 1 is 0.424 bits per heavy atom. The average molecular weight is 1650 g/mol. The summed E-state index contributed by atoms with van der Waals surface area (Å²) in [6.45, 7) is 14.0. The van der Waals surface area contributed by atoms with Gasteiger partial charge in [0.05, 0.1) is 76.7 Å². The second kappa shape index (κ2) is 32.9. The van der Waals surface area contributed by atoms with Crippen LogP contribution < -0.4 is 26.6 Å². The molecule has 4 saturated carbocycles. The van der Waals surface area contributed by atoms with E-state index in [0.717, 1.165) is 94.8 Å². The van der Waals surface area contributed by atoms with Crippen LogP contribution in [0.1, 0.15) is 181 Å². The predicted octanol–water partition coefficient (Wildman–Crippen LogP) is 19.1. The van der Waals surface area contributed by atoms with Crippen LogP contribution in [0.3, 0.4) is 0 Å². The molecule has 18 rings (SSSR count). The van der Waals surface area contributed by atoms with Crippen molar-refractivity contribution >= 4 is 73.6 Å². The van der Waals surface area contributed by atoms with Crippen molar-refractivity contribution in [1.82, 2.24) is 66.0 Å². The summed E-state index contributed by atoms with van der Waals surface area (Å²) in [5, 5.41) is 47.2. The maximum atomic E-state index is 13.8. The fourth-order valence-corrected chi connectivity index (χ4v) is 14.1. The maximum Gasteiger partial charge on any atom is 0.418 e. The molecular weight excluding hydrogens is 1570 g/mol. The fourth-order valence-electron chi connectivity index (χ4n) is 14.1. The van der Waals surface area contributed by atoms with E-state index in [1.54, 1.807) is 65.0 Å². The number of carbonyl (C=O) groups is 1. The van der Waals surface area contributed by atoms with Gasteiger partial charge in [-0.05, 0) is 246 Å². The number of halogens is 12. The van der Waals surface area contributed by atoms with Crippen LogP contribution in [-0.2, 0) is 43.7 Å². The van der Waals surface area contributed by atoms with Gasteiger partial charge in [0.25, 0.3) is 23.6 Å². The zero-order valence-electron chi connectivity index (χ0n) is 64.9. The molecule has 6 aliphatic rings. The average Bonchev–Trinajstić information content (AvgIpc) is 1.51. The number of alkyl halides is 12. The van der Waals surface area contributed by atoms with E-state index in [9.17, 15) is 57.5 Å². The molecule has 0 bridgehead atoms. The molecule has 10 heterocycles. The lowest BCUT2D eigenvalue weighted by atomic mass is 9.98. The Balaban J connectivity index is 0.000000123.